The number of hydrogen-bond acceptors (Lipinski definition) is 6. The summed E-state index contributed by atoms with van der Waals surface area (Å²) >= 11 is 0. The zero-order valence-electron chi connectivity index (χ0n) is 18.8. The number of pyridine rings is 1. The number of carbonyl (C=O) groups excluding carboxylic acids is 1. The lowest BCUT2D eigenvalue weighted by atomic mass is 9.81. The molecule has 182 valence electrons. The summed E-state index contributed by atoms with van der Waals surface area (Å²) in [5.41, 5.74) is 2.40. The topological polar surface area (TPSA) is 96.2 Å². The molecule has 4 heterocycles. The zero-order valence-corrected chi connectivity index (χ0v) is 18.8. The van der Waals surface area contributed by atoms with E-state index in [4.69, 9.17) is 0 Å². The maximum absolute atomic E-state index is 13.9. The predicted octanol–water partition coefficient (Wildman–Crippen LogP) is 3.67. The first-order valence-electron chi connectivity index (χ1n) is 11.7. The number of nitrogens with one attached hydrogen (secondary N) is 3. The number of nitrogens with zero attached hydrogens (tertiary/aromatic N) is 4. The summed E-state index contributed by atoms with van der Waals surface area (Å²) in [6.45, 7) is 0.961. The molecule has 0 bridgehead atoms. The SMILES string of the molecule is O=C(NCC1CC(F)(F)C1)c1cnn2ccc(C3=CCNc4nc(NCC5(F)CC5)ncc43)cc12. The molecule has 3 aliphatic rings. The summed E-state index contributed by atoms with van der Waals surface area (Å²) < 4.78 is 41.7. The van der Waals surface area contributed by atoms with E-state index >= 15 is 0 Å². The van der Waals surface area contributed by atoms with Crippen LogP contribution in [0.1, 0.15) is 47.2 Å². The van der Waals surface area contributed by atoms with Gasteiger partial charge in [0.25, 0.3) is 5.91 Å². The van der Waals surface area contributed by atoms with Gasteiger partial charge in [-0.15, -0.1) is 0 Å². The van der Waals surface area contributed by atoms with Crippen LogP contribution < -0.4 is 16.0 Å². The molecular formula is C24H24F3N7O. The summed E-state index contributed by atoms with van der Waals surface area (Å²) in [4.78, 5) is 21.6. The fraction of sp³-hybridized carbons (Fsp3) is 0.417. The Morgan fingerprint density at radius 3 is 2.83 bits per heavy atom. The number of carbonyl (C=O) groups is 1. The summed E-state index contributed by atoms with van der Waals surface area (Å²) in [7, 11) is 0. The van der Waals surface area contributed by atoms with Crippen LogP contribution in [0.4, 0.5) is 24.9 Å². The lowest BCUT2D eigenvalue weighted by molar-refractivity contribution is -0.108. The molecule has 0 radical (unpaired) electrons. The Labute approximate surface area is 199 Å². The molecule has 3 N–H and O–H groups in total. The number of amides is 1. The highest BCUT2D eigenvalue weighted by Gasteiger charge is 2.45. The Hall–Kier alpha value is -3.63. The van der Waals surface area contributed by atoms with Crippen molar-refractivity contribution in [3.63, 3.8) is 0 Å². The molecule has 0 aromatic carbocycles. The van der Waals surface area contributed by atoms with Gasteiger partial charge in [-0.1, -0.05) is 6.08 Å². The second-order valence-corrected chi connectivity index (χ2v) is 9.60. The number of rotatable bonds is 7. The van der Waals surface area contributed by atoms with Crippen LogP contribution in [0.3, 0.4) is 0 Å². The highest BCUT2D eigenvalue weighted by Crippen LogP contribution is 2.42. The van der Waals surface area contributed by atoms with E-state index in [-0.39, 0.29) is 37.8 Å². The molecule has 0 spiro atoms. The Balaban J connectivity index is 1.21. The van der Waals surface area contributed by atoms with Gasteiger partial charge in [0, 0.05) is 43.9 Å². The normalized spacial score (nSPS) is 19.8. The number of fused-ring (bicyclic) bond motifs is 2. The standard InChI is InChI=1S/C24H24F3N7O/c25-23(3-4-23)13-31-22-30-11-17-16(1-5-28-20(17)33-22)15-2-6-34-19(7-15)18(12-32-34)21(35)29-10-14-8-24(26,27)9-14/h1-2,6-7,11-12,14H,3-5,8-10,13H2,(H,29,35)(H2,28,30,31,33). The van der Waals surface area contributed by atoms with Crippen LogP contribution in [0.15, 0.2) is 36.8 Å². The molecule has 0 saturated heterocycles. The van der Waals surface area contributed by atoms with Crippen molar-refractivity contribution in [3.8, 4) is 0 Å². The number of aromatic nitrogens is 4. The average Bonchev–Trinajstić information content (AvgIpc) is 3.42. The summed E-state index contributed by atoms with van der Waals surface area (Å²) in [6, 6.07) is 3.76. The first-order valence-corrected chi connectivity index (χ1v) is 11.7. The van der Waals surface area contributed by atoms with Crippen molar-refractivity contribution < 1.29 is 18.0 Å². The fourth-order valence-electron chi connectivity index (χ4n) is 4.57. The summed E-state index contributed by atoms with van der Waals surface area (Å²) in [5.74, 6) is -2.14. The van der Waals surface area contributed by atoms with Crippen molar-refractivity contribution in [3.05, 3.63) is 53.5 Å². The van der Waals surface area contributed by atoms with Crippen LogP contribution in [0.5, 0.6) is 0 Å². The minimum Gasteiger partial charge on any atom is -0.366 e. The van der Waals surface area contributed by atoms with Crippen molar-refractivity contribution >= 4 is 28.8 Å². The number of hydrogen-bond donors (Lipinski definition) is 3. The lowest BCUT2D eigenvalue weighted by Gasteiger charge is -2.34. The van der Waals surface area contributed by atoms with E-state index in [1.807, 2.05) is 18.2 Å². The van der Waals surface area contributed by atoms with Crippen LogP contribution in [-0.4, -0.2) is 56.7 Å². The Morgan fingerprint density at radius 2 is 2.06 bits per heavy atom. The minimum absolute atomic E-state index is 0.193. The molecule has 2 fully saturated rings. The third-order valence-electron chi connectivity index (χ3n) is 6.81. The summed E-state index contributed by atoms with van der Waals surface area (Å²) in [5, 5.41) is 13.2. The molecule has 3 aromatic rings. The Bertz CT molecular complexity index is 1340. The highest BCUT2D eigenvalue weighted by atomic mass is 19.3. The number of alkyl halides is 3. The smallest absolute Gasteiger partial charge is 0.255 e. The lowest BCUT2D eigenvalue weighted by Crippen LogP contribution is -2.42. The van der Waals surface area contributed by atoms with Crippen LogP contribution in [0.2, 0.25) is 0 Å². The average molecular weight is 483 g/mol. The maximum atomic E-state index is 13.9. The molecule has 1 aliphatic heterocycles. The largest absolute Gasteiger partial charge is 0.366 e. The van der Waals surface area contributed by atoms with E-state index in [1.165, 1.54) is 6.20 Å². The maximum Gasteiger partial charge on any atom is 0.255 e. The number of anilines is 2. The van der Waals surface area contributed by atoms with Crippen molar-refractivity contribution in [1.82, 2.24) is 24.9 Å². The molecule has 6 rings (SSSR count). The van der Waals surface area contributed by atoms with Gasteiger partial charge in [-0.3, -0.25) is 4.79 Å². The van der Waals surface area contributed by atoms with E-state index in [0.29, 0.717) is 42.2 Å². The molecule has 2 aliphatic carbocycles. The van der Waals surface area contributed by atoms with Crippen LogP contribution >= 0.6 is 0 Å². The molecule has 8 nitrogen and oxygen atoms in total. The second-order valence-electron chi connectivity index (χ2n) is 9.60. The van der Waals surface area contributed by atoms with E-state index in [1.54, 1.807) is 16.9 Å². The zero-order chi connectivity index (χ0) is 24.2. The van der Waals surface area contributed by atoms with Crippen LogP contribution in [0.25, 0.3) is 11.1 Å². The third kappa shape index (κ3) is 4.30. The first kappa shape index (κ1) is 21.9. The molecule has 11 heteroatoms. The van der Waals surface area contributed by atoms with Gasteiger partial charge >= 0.3 is 0 Å². The van der Waals surface area contributed by atoms with Gasteiger partial charge in [-0.05, 0) is 42.0 Å². The van der Waals surface area contributed by atoms with E-state index in [2.05, 4.69) is 31.0 Å². The van der Waals surface area contributed by atoms with E-state index in [9.17, 15) is 18.0 Å². The van der Waals surface area contributed by atoms with Crippen molar-refractivity contribution in [2.75, 3.05) is 30.3 Å². The van der Waals surface area contributed by atoms with Gasteiger partial charge in [-0.25, -0.2) is 22.7 Å². The van der Waals surface area contributed by atoms with Crippen molar-refractivity contribution in [2.24, 2.45) is 5.92 Å². The van der Waals surface area contributed by atoms with Gasteiger partial charge in [0.1, 0.15) is 11.5 Å². The summed E-state index contributed by atoms with van der Waals surface area (Å²) in [6.07, 6.45) is 7.69. The van der Waals surface area contributed by atoms with Gasteiger partial charge in [0.15, 0.2) is 0 Å². The van der Waals surface area contributed by atoms with E-state index < -0.39 is 11.6 Å². The molecule has 1 amide bonds. The van der Waals surface area contributed by atoms with Gasteiger partial charge in [0.2, 0.25) is 11.9 Å². The molecule has 0 atom stereocenters. The monoisotopic (exact) mass is 483 g/mol. The van der Waals surface area contributed by atoms with Gasteiger partial charge in [-0.2, -0.15) is 10.1 Å². The quantitative estimate of drug-likeness (QED) is 0.475. The molecular weight excluding hydrogens is 459 g/mol. The van der Waals surface area contributed by atoms with E-state index in [0.717, 1.165) is 16.7 Å². The molecule has 2 saturated carbocycles. The second kappa shape index (κ2) is 7.96. The van der Waals surface area contributed by atoms with Crippen molar-refractivity contribution in [1.29, 1.82) is 0 Å². The van der Waals surface area contributed by atoms with Crippen LogP contribution in [-0.2, 0) is 0 Å². The third-order valence-corrected chi connectivity index (χ3v) is 6.81. The highest BCUT2D eigenvalue weighted by molar-refractivity contribution is 6.01. The first-order chi connectivity index (χ1) is 16.8. The molecule has 0 unspecified atom stereocenters. The Kier molecular flexibility index (Phi) is 4.97. The van der Waals surface area contributed by atoms with Gasteiger partial charge in [0.05, 0.1) is 23.8 Å². The fourth-order valence-corrected chi connectivity index (χ4v) is 4.57. The minimum atomic E-state index is -2.61. The number of halogens is 3. The molecule has 35 heavy (non-hydrogen) atoms. The van der Waals surface area contributed by atoms with Crippen molar-refractivity contribution in [2.45, 2.75) is 37.3 Å². The van der Waals surface area contributed by atoms with Crippen LogP contribution in [0, 0.1) is 5.92 Å². The Morgan fingerprint density at radius 1 is 1.23 bits per heavy atom. The molecule has 3 aromatic heterocycles. The predicted molar refractivity (Wildman–Crippen MR) is 124 cm³/mol. The van der Waals surface area contributed by atoms with Gasteiger partial charge < -0.3 is 16.0 Å².